The molecule has 0 bridgehead atoms. The third-order valence-corrected chi connectivity index (χ3v) is 7.30. The number of carbonyl (C=O) groups is 2. The van der Waals surface area contributed by atoms with Crippen LogP contribution in [0.5, 0.6) is 0 Å². The Balaban J connectivity index is 2.44. The molecule has 174 valence electrons. The Morgan fingerprint density at radius 3 is 2.16 bits per heavy atom. The summed E-state index contributed by atoms with van der Waals surface area (Å²) in [5.41, 5.74) is 0.767. The molecule has 1 N–H and O–H groups in total. The van der Waals surface area contributed by atoms with Gasteiger partial charge in [0.1, 0.15) is 12.6 Å². The third kappa shape index (κ3) is 6.74. The van der Waals surface area contributed by atoms with E-state index in [9.17, 15) is 18.0 Å². The number of hydrogen-bond acceptors (Lipinski definition) is 4. The second-order valence-corrected chi connectivity index (χ2v) is 11.0. The number of nitrogens with zero attached hydrogens (tertiary/aromatic N) is 2. The highest BCUT2D eigenvalue weighted by Crippen LogP contribution is 2.35. The molecule has 0 spiro atoms. The van der Waals surface area contributed by atoms with Crippen molar-refractivity contribution in [2.45, 2.75) is 19.5 Å². The van der Waals surface area contributed by atoms with Crippen molar-refractivity contribution in [3.8, 4) is 0 Å². The highest BCUT2D eigenvalue weighted by atomic mass is 79.9. The average Bonchev–Trinajstić information content (AvgIpc) is 2.72. The first-order chi connectivity index (χ1) is 14.8. The first-order valence-corrected chi connectivity index (χ1v) is 13.0. The number of anilines is 1. The molecular formula is C20H21BrCl3N3O4S. The van der Waals surface area contributed by atoms with E-state index in [4.69, 9.17) is 34.8 Å². The molecule has 2 rings (SSSR count). The standard InChI is InChI=1S/C20H21BrCl3N3O4S/c1-12(20(29)25-2)26(10-13-4-6-14(21)7-5-13)19(28)11-27(32(3,30)31)18-9-16(23)15(22)8-17(18)24/h4-9,12H,10-11H2,1-3H3,(H,25,29)/t12-/m1/s1. The van der Waals surface area contributed by atoms with Gasteiger partial charge >= 0.3 is 0 Å². The number of hydrogen-bond donors (Lipinski definition) is 1. The number of likely N-dealkylation sites (N-methyl/N-ethyl adjacent to an activating group) is 1. The summed E-state index contributed by atoms with van der Waals surface area (Å²) in [6.45, 7) is 1.06. The van der Waals surface area contributed by atoms with Gasteiger partial charge < -0.3 is 10.2 Å². The number of carbonyl (C=O) groups excluding carboxylic acids is 2. The molecule has 0 aromatic heterocycles. The highest BCUT2D eigenvalue weighted by Gasteiger charge is 2.30. The molecule has 2 amide bonds. The number of halogens is 4. The second kappa shape index (κ2) is 11.1. The molecule has 0 heterocycles. The van der Waals surface area contributed by atoms with Crippen LogP contribution in [0.4, 0.5) is 5.69 Å². The van der Waals surface area contributed by atoms with E-state index in [0.717, 1.165) is 20.6 Å². The second-order valence-electron chi connectivity index (χ2n) is 6.93. The largest absolute Gasteiger partial charge is 0.357 e. The lowest BCUT2D eigenvalue weighted by atomic mass is 10.1. The molecule has 2 aromatic carbocycles. The maximum Gasteiger partial charge on any atom is 0.244 e. The summed E-state index contributed by atoms with van der Waals surface area (Å²) in [7, 11) is -2.48. The highest BCUT2D eigenvalue weighted by molar-refractivity contribution is 9.10. The van der Waals surface area contributed by atoms with Crippen LogP contribution in [-0.4, -0.2) is 51.0 Å². The van der Waals surface area contributed by atoms with Crippen molar-refractivity contribution < 1.29 is 18.0 Å². The predicted octanol–water partition coefficient (Wildman–Crippen LogP) is 4.34. The summed E-state index contributed by atoms with van der Waals surface area (Å²) >= 11 is 21.5. The topological polar surface area (TPSA) is 86.8 Å². The molecule has 0 aliphatic heterocycles. The summed E-state index contributed by atoms with van der Waals surface area (Å²) in [6.07, 6.45) is 0.945. The van der Waals surface area contributed by atoms with E-state index in [1.54, 1.807) is 31.2 Å². The molecule has 7 nitrogen and oxygen atoms in total. The Hall–Kier alpha value is -1.52. The average molecular weight is 586 g/mol. The maximum atomic E-state index is 13.3. The fraction of sp³-hybridized carbons (Fsp3) is 0.300. The van der Waals surface area contributed by atoms with Crippen LogP contribution in [0, 0.1) is 0 Å². The summed E-state index contributed by atoms with van der Waals surface area (Å²) in [5, 5.41) is 2.74. The van der Waals surface area contributed by atoms with E-state index >= 15 is 0 Å². The summed E-state index contributed by atoms with van der Waals surface area (Å²) < 4.78 is 26.8. The molecule has 0 saturated heterocycles. The fourth-order valence-corrected chi connectivity index (χ4v) is 4.69. The van der Waals surface area contributed by atoms with Crippen molar-refractivity contribution in [2.24, 2.45) is 0 Å². The molecule has 1 atom stereocenters. The van der Waals surface area contributed by atoms with E-state index in [-0.39, 0.29) is 27.3 Å². The lowest BCUT2D eigenvalue weighted by Crippen LogP contribution is -2.50. The molecule has 32 heavy (non-hydrogen) atoms. The molecule has 0 aliphatic carbocycles. The van der Waals surface area contributed by atoms with Gasteiger partial charge in [-0.25, -0.2) is 8.42 Å². The molecule has 0 aliphatic rings. The Morgan fingerprint density at radius 2 is 1.62 bits per heavy atom. The summed E-state index contributed by atoms with van der Waals surface area (Å²) in [5.74, 6) is -0.995. The lowest BCUT2D eigenvalue weighted by Gasteiger charge is -2.31. The molecule has 0 unspecified atom stereocenters. The monoisotopic (exact) mass is 583 g/mol. The van der Waals surface area contributed by atoms with Gasteiger partial charge in [0, 0.05) is 18.1 Å². The van der Waals surface area contributed by atoms with Gasteiger partial charge in [0.15, 0.2) is 0 Å². The minimum atomic E-state index is -3.94. The zero-order chi connectivity index (χ0) is 24.2. The van der Waals surface area contributed by atoms with Gasteiger partial charge in [0.05, 0.1) is 27.0 Å². The van der Waals surface area contributed by atoms with Gasteiger partial charge in [0.25, 0.3) is 0 Å². The normalized spacial score (nSPS) is 12.2. The van der Waals surface area contributed by atoms with Gasteiger partial charge in [-0.15, -0.1) is 0 Å². The number of amides is 2. The molecule has 2 aromatic rings. The molecular weight excluding hydrogens is 565 g/mol. The van der Waals surface area contributed by atoms with Crippen molar-refractivity contribution in [1.82, 2.24) is 10.2 Å². The van der Waals surface area contributed by atoms with Crippen LogP contribution in [0.2, 0.25) is 15.1 Å². The molecule has 0 fully saturated rings. The van der Waals surface area contributed by atoms with Crippen molar-refractivity contribution >= 4 is 78.3 Å². The first kappa shape index (κ1) is 26.7. The van der Waals surface area contributed by atoms with Gasteiger partial charge in [-0.1, -0.05) is 62.9 Å². The zero-order valence-electron chi connectivity index (χ0n) is 17.4. The number of rotatable bonds is 8. The molecule has 12 heteroatoms. The maximum absolute atomic E-state index is 13.3. The van der Waals surface area contributed by atoms with Gasteiger partial charge in [-0.2, -0.15) is 0 Å². The Labute approximate surface area is 210 Å². The van der Waals surface area contributed by atoms with E-state index < -0.39 is 34.4 Å². The summed E-state index contributed by atoms with van der Waals surface area (Å²) in [4.78, 5) is 26.9. The smallest absolute Gasteiger partial charge is 0.244 e. The predicted molar refractivity (Wildman–Crippen MR) is 132 cm³/mol. The van der Waals surface area contributed by atoms with Crippen molar-refractivity contribution in [2.75, 3.05) is 24.2 Å². The van der Waals surface area contributed by atoms with E-state index in [1.807, 2.05) is 0 Å². The number of benzene rings is 2. The lowest BCUT2D eigenvalue weighted by molar-refractivity contribution is -0.139. The fourth-order valence-electron chi connectivity index (χ4n) is 2.88. The SMILES string of the molecule is CNC(=O)[C@@H](C)N(Cc1ccc(Br)cc1)C(=O)CN(c1cc(Cl)c(Cl)cc1Cl)S(C)(=O)=O. The van der Waals surface area contributed by atoms with E-state index in [0.29, 0.717) is 0 Å². The van der Waals surface area contributed by atoms with Gasteiger partial charge in [-0.05, 0) is 36.8 Å². The van der Waals surface area contributed by atoms with Crippen LogP contribution in [0.25, 0.3) is 0 Å². The van der Waals surface area contributed by atoms with Crippen LogP contribution in [-0.2, 0) is 26.2 Å². The minimum Gasteiger partial charge on any atom is -0.357 e. The first-order valence-electron chi connectivity index (χ1n) is 9.23. The van der Waals surface area contributed by atoms with Crippen molar-refractivity contribution in [3.63, 3.8) is 0 Å². The number of nitrogens with one attached hydrogen (secondary N) is 1. The van der Waals surface area contributed by atoms with Crippen LogP contribution < -0.4 is 9.62 Å². The summed E-state index contributed by atoms with van der Waals surface area (Å²) in [6, 6.07) is 8.93. The zero-order valence-corrected chi connectivity index (χ0v) is 22.1. The van der Waals surface area contributed by atoms with E-state index in [1.165, 1.54) is 24.1 Å². The van der Waals surface area contributed by atoms with E-state index in [2.05, 4.69) is 21.2 Å². The van der Waals surface area contributed by atoms with Crippen molar-refractivity contribution in [3.05, 3.63) is 61.5 Å². The van der Waals surface area contributed by atoms with Crippen LogP contribution >= 0.6 is 50.7 Å². The Morgan fingerprint density at radius 1 is 1.06 bits per heavy atom. The number of sulfonamides is 1. The quantitative estimate of drug-likeness (QED) is 0.467. The van der Waals surface area contributed by atoms with Crippen LogP contribution in [0.15, 0.2) is 40.9 Å². The molecule has 0 radical (unpaired) electrons. The molecule has 0 saturated carbocycles. The van der Waals surface area contributed by atoms with Gasteiger partial charge in [-0.3, -0.25) is 13.9 Å². The van der Waals surface area contributed by atoms with Crippen LogP contribution in [0.3, 0.4) is 0 Å². The Kier molecular flexibility index (Phi) is 9.25. The minimum absolute atomic E-state index is 0.00750. The van der Waals surface area contributed by atoms with Crippen LogP contribution in [0.1, 0.15) is 12.5 Å². The Bertz CT molecular complexity index is 1110. The van der Waals surface area contributed by atoms with Gasteiger partial charge in [0.2, 0.25) is 21.8 Å². The third-order valence-electron chi connectivity index (χ3n) is 4.62. The van der Waals surface area contributed by atoms with Crippen molar-refractivity contribution in [1.29, 1.82) is 0 Å².